The third kappa shape index (κ3) is 4.24. The molecule has 2 heterocycles. The maximum Gasteiger partial charge on any atom is 0.241 e. The van der Waals surface area contributed by atoms with Gasteiger partial charge in [-0.15, -0.1) is 0 Å². The van der Waals surface area contributed by atoms with Gasteiger partial charge < -0.3 is 29.6 Å². The minimum Gasteiger partial charge on any atom is -0.494 e. The summed E-state index contributed by atoms with van der Waals surface area (Å²) in [5.41, 5.74) is 2.81. The highest BCUT2D eigenvalue weighted by molar-refractivity contribution is 5.94. The summed E-state index contributed by atoms with van der Waals surface area (Å²) >= 11 is 0. The number of hydrogen-bond donors (Lipinski definition) is 2. The van der Waals surface area contributed by atoms with Crippen LogP contribution in [0.4, 0.5) is 5.69 Å². The molecule has 2 atom stereocenters. The van der Waals surface area contributed by atoms with E-state index in [4.69, 9.17) is 18.9 Å². The first kappa shape index (κ1) is 19.4. The van der Waals surface area contributed by atoms with Crippen molar-refractivity contribution in [3.05, 3.63) is 41.5 Å². The Morgan fingerprint density at radius 2 is 2.03 bits per heavy atom. The number of hydrogen-bond acceptors (Lipinski definition) is 6. The highest BCUT2D eigenvalue weighted by Gasteiger charge is 2.23. The number of amides is 1. The van der Waals surface area contributed by atoms with Crippen LogP contribution in [0, 0.1) is 0 Å². The number of fused-ring (bicyclic) bond motifs is 2. The van der Waals surface area contributed by atoms with Gasteiger partial charge in [-0.25, -0.2) is 0 Å². The summed E-state index contributed by atoms with van der Waals surface area (Å²) in [6.07, 6.45) is 1.06. The summed E-state index contributed by atoms with van der Waals surface area (Å²) in [7, 11) is 0. The second-order valence-electron chi connectivity index (χ2n) is 7.29. The molecule has 0 bridgehead atoms. The third-order valence-corrected chi connectivity index (χ3v) is 5.01. The Morgan fingerprint density at radius 3 is 2.86 bits per heavy atom. The van der Waals surface area contributed by atoms with Gasteiger partial charge in [0.1, 0.15) is 17.6 Å². The molecule has 7 heteroatoms. The van der Waals surface area contributed by atoms with E-state index in [0.717, 1.165) is 23.5 Å². The molecule has 1 amide bonds. The maximum atomic E-state index is 12.6. The average Bonchev–Trinajstić information content (AvgIpc) is 3.30. The lowest BCUT2D eigenvalue weighted by Gasteiger charge is -2.17. The van der Waals surface area contributed by atoms with Crippen molar-refractivity contribution in [3.63, 3.8) is 0 Å². The van der Waals surface area contributed by atoms with Crippen molar-refractivity contribution in [3.8, 4) is 23.0 Å². The lowest BCUT2D eigenvalue weighted by Crippen LogP contribution is -2.37. The van der Waals surface area contributed by atoms with Gasteiger partial charge >= 0.3 is 0 Å². The Hall–Kier alpha value is -2.93. The van der Waals surface area contributed by atoms with Crippen molar-refractivity contribution >= 4 is 11.6 Å². The molecular weight excluding hydrogens is 372 g/mol. The fourth-order valence-corrected chi connectivity index (χ4v) is 3.49. The molecule has 4 rings (SSSR count). The molecule has 154 valence electrons. The Labute approximate surface area is 170 Å². The Kier molecular flexibility index (Phi) is 5.49. The number of ether oxygens (including phenoxy) is 4. The van der Waals surface area contributed by atoms with Crippen LogP contribution in [0.25, 0.3) is 0 Å². The highest BCUT2D eigenvalue weighted by atomic mass is 16.7. The van der Waals surface area contributed by atoms with Crippen LogP contribution in [0.5, 0.6) is 23.0 Å². The van der Waals surface area contributed by atoms with Crippen LogP contribution in [-0.4, -0.2) is 31.5 Å². The summed E-state index contributed by atoms with van der Waals surface area (Å²) < 4.78 is 22.3. The highest BCUT2D eigenvalue weighted by Crippen LogP contribution is 2.36. The van der Waals surface area contributed by atoms with E-state index in [2.05, 4.69) is 23.6 Å². The fourth-order valence-electron chi connectivity index (χ4n) is 3.49. The van der Waals surface area contributed by atoms with Gasteiger partial charge in [-0.05, 0) is 45.0 Å². The van der Waals surface area contributed by atoms with Crippen molar-refractivity contribution < 1.29 is 23.7 Å². The van der Waals surface area contributed by atoms with Crippen LogP contribution >= 0.6 is 0 Å². The summed E-state index contributed by atoms with van der Waals surface area (Å²) in [5, 5.41) is 6.17. The zero-order valence-corrected chi connectivity index (χ0v) is 16.9. The molecule has 2 aliphatic heterocycles. The summed E-state index contributed by atoms with van der Waals surface area (Å²) in [5.74, 6) is 2.92. The van der Waals surface area contributed by atoms with E-state index in [-0.39, 0.29) is 18.8 Å². The number of carbonyl (C=O) groups is 1. The molecule has 0 spiro atoms. The van der Waals surface area contributed by atoms with Gasteiger partial charge in [0.25, 0.3) is 0 Å². The second kappa shape index (κ2) is 8.21. The monoisotopic (exact) mass is 398 g/mol. The Morgan fingerprint density at radius 1 is 1.21 bits per heavy atom. The normalized spacial score (nSPS) is 17.4. The van der Waals surface area contributed by atoms with Gasteiger partial charge in [0.05, 0.1) is 12.6 Å². The smallest absolute Gasteiger partial charge is 0.241 e. The van der Waals surface area contributed by atoms with Gasteiger partial charge in [-0.3, -0.25) is 4.79 Å². The van der Waals surface area contributed by atoms with Gasteiger partial charge in [-0.2, -0.15) is 0 Å². The van der Waals surface area contributed by atoms with Crippen LogP contribution in [-0.2, 0) is 17.8 Å². The van der Waals surface area contributed by atoms with Gasteiger partial charge in [-0.1, -0.05) is 0 Å². The van der Waals surface area contributed by atoms with E-state index in [0.29, 0.717) is 30.3 Å². The molecule has 0 unspecified atom stereocenters. The largest absolute Gasteiger partial charge is 0.494 e. The van der Waals surface area contributed by atoms with E-state index >= 15 is 0 Å². The van der Waals surface area contributed by atoms with E-state index < -0.39 is 6.04 Å². The molecule has 0 radical (unpaired) electrons. The zero-order chi connectivity index (χ0) is 20.4. The van der Waals surface area contributed by atoms with Gasteiger partial charge in [0.15, 0.2) is 11.5 Å². The van der Waals surface area contributed by atoms with Gasteiger partial charge in [0.2, 0.25) is 12.7 Å². The maximum absolute atomic E-state index is 12.6. The van der Waals surface area contributed by atoms with Crippen molar-refractivity contribution in [2.45, 2.75) is 45.9 Å². The number of benzene rings is 2. The second-order valence-corrected chi connectivity index (χ2v) is 7.29. The van der Waals surface area contributed by atoms with Crippen LogP contribution < -0.4 is 29.6 Å². The Bertz CT molecular complexity index is 914. The third-order valence-electron chi connectivity index (χ3n) is 5.01. The summed E-state index contributed by atoms with van der Waals surface area (Å²) in [6, 6.07) is 9.01. The van der Waals surface area contributed by atoms with E-state index in [9.17, 15) is 4.79 Å². The topological polar surface area (TPSA) is 78.1 Å². The minimum atomic E-state index is -0.400. The molecule has 29 heavy (non-hydrogen) atoms. The fraction of sp³-hybridized carbons (Fsp3) is 0.409. The predicted molar refractivity (Wildman–Crippen MR) is 109 cm³/mol. The molecule has 2 aromatic rings. The summed E-state index contributed by atoms with van der Waals surface area (Å²) in [4.78, 5) is 12.6. The zero-order valence-electron chi connectivity index (χ0n) is 16.9. The average molecular weight is 398 g/mol. The first-order chi connectivity index (χ1) is 14.0. The van der Waals surface area contributed by atoms with E-state index in [1.54, 1.807) is 18.2 Å². The number of rotatable bonds is 7. The molecule has 2 aromatic carbocycles. The molecule has 0 fully saturated rings. The van der Waals surface area contributed by atoms with Crippen LogP contribution in [0.2, 0.25) is 0 Å². The first-order valence-corrected chi connectivity index (χ1v) is 9.92. The molecule has 0 saturated carbocycles. The standard InChI is InChI=1S/C22H26N2O5/c1-4-26-19-8-15-7-13(2)29-20(15)9-16(19)11-23-14(3)22(25)24-17-5-6-18-21(10-17)28-12-27-18/h5-6,8-10,13-14,23H,4,7,11-12H2,1-3H3,(H,24,25)/t13-,14+/m1/s1. The quantitative estimate of drug-likeness (QED) is 0.746. The Balaban J connectivity index is 1.39. The van der Waals surface area contributed by atoms with E-state index in [1.807, 2.05) is 19.9 Å². The lowest BCUT2D eigenvalue weighted by molar-refractivity contribution is -0.117. The lowest BCUT2D eigenvalue weighted by atomic mass is 10.1. The SMILES string of the molecule is CCOc1cc2c(cc1CN[C@@H](C)C(=O)Nc1ccc3c(c1)OCO3)O[C@H](C)C2. The molecular formula is C22H26N2O5. The molecule has 0 aliphatic carbocycles. The predicted octanol–water partition coefficient (Wildman–Crippen LogP) is 3.25. The van der Waals surface area contributed by atoms with Crippen molar-refractivity contribution in [2.24, 2.45) is 0 Å². The molecule has 7 nitrogen and oxygen atoms in total. The number of nitrogens with one attached hydrogen (secondary N) is 2. The van der Waals surface area contributed by atoms with Crippen molar-refractivity contribution in [1.29, 1.82) is 0 Å². The first-order valence-electron chi connectivity index (χ1n) is 9.92. The minimum absolute atomic E-state index is 0.132. The van der Waals surface area contributed by atoms with Crippen LogP contribution in [0.1, 0.15) is 31.9 Å². The summed E-state index contributed by atoms with van der Waals surface area (Å²) in [6.45, 7) is 7.13. The van der Waals surface area contributed by atoms with Crippen LogP contribution in [0.3, 0.4) is 0 Å². The van der Waals surface area contributed by atoms with Crippen molar-refractivity contribution in [1.82, 2.24) is 5.32 Å². The number of anilines is 1. The molecule has 2 aliphatic rings. The van der Waals surface area contributed by atoms with Crippen LogP contribution in [0.15, 0.2) is 30.3 Å². The molecule has 2 N–H and O–H groups in total. The number of carbonyl (C=O) groups excluding carboxylic acids is 1. The molecule has 0 saturated heterocycles. The van der Waals surface area contributed by atoms with Crippen molar-refractivity contribution in [2.75, 3.05) is 18.7 Å². The van der Waals surface area contributed by atoms with E-state index in [1.165, 1.54) is 5.56 Å². The molecule has 0 aromatic heterocycles. The van der Waals surface area contributed by atoms with Gasteiger partial charge in [0, 0.05) is 35.8 Å².